The van der Waals surface area contributed by atoms with Crippen LogP contribution in [-0.4, -0.2) is 4.57 Å². The molecule has 182 valence electrons. The smallest absolute Gasteiger partial charge is 0.0541 e. The molecule has 0 saturated heterocycles. The van der Waals surface area contributed by atoms with Crippen molar-refractivity contribution in [3.8, 4) is 27.9 Å². The maximum Gasteiger partial charge on any atom is 0.0541 e. The number of nitrogens with zero attached hydrogens (tertiary/aromatic N) is 1. The molecule has 1 aliphatic rings. The van der Waals surface area contributed by atoms with Gasteiger partial charge in [0.05, 0.1) is 11.0 Å². The van der Waals surface area contributed by atoms with Gasteiger partial charge in [0.2, 0.25) is 0 Å². The van der Waals surface area contributed by atoms with Crippen LogP contribution in [0.2, 0.25) is 0 Å². The van der Waals surface area contributed by atoms with Crippen molar-refractivity contribution in [2.75, 3.05) is 0 Å². The maximum absolute atomic E-state index is 2.36. The van der Waals surface area contributed by atoms with Crippen molar-refractivity contribution in [3.05, 3.63) is 162 Å². The predicted molar refractivity (Wildman–Crippen MR) is 165 cm³/mol. The Labute approximate surface area is 227 Å². The maximum atomic E-state index is 2.36. The van der Waals surface area contributed by atoms with Crippen LogP contribution in [0, 0.1) is 0 Å². The number of hydrogen-bond acceptors (Lipinski definition) is 0. The summed E-state index contributed by atoms with van der Waals surface area (Å²) in [6.07, 6.45) is 2.32. The van der Waals surface area contributed by atoms with E-state index >= 15 is 0 Å². The summed E-state index contributed by atoms with van der Waals surface area (Å²) in [6, 6.07) is 52.6. The van der Waals surface area contributed by atoms with Crippen molar-refractivity contribution in [1.29, 1.82) is 0 Å². The largest absolute Gasteiger partial charge is 0.309 e. The Morgan fingerprint density at radius 3 is 1.36 bits per heavy atom. The van der Waals surface area contributed by atoms with Crippen molar-refractivity contribution in [2.45, 2.75) is 0 Å². The molecule has 7 aromatic rings. The van der Waals surface area contributed by atoms with E-state index in [1.54, 1.807) is 0 Å². The summed E-state index contributed by atoms with van der Waals surface area (Å²) >= 11 is 0. The topological polar surface area (TPSA) is 4.93 Å². The molecule has 1 heteroatoms. The third-order valence-electron chi connectivity index (χ3n) is 7.99. The van der Waals surface area contributed by atoms with Gasteiger partial charge in [-0.05, 0) is 74.9 Å². The van der Waals surface area contributed by atoms with E-state index in [1.165, 1.54) is 72.0 Å². The van der Waals surface area contributed by atoms with Gasteiger partial charge in [-0.3, -0.25) is 0 Å². The van der Waals surface area contributed by atoms with Crippen molar-refractivity contribution in [2.24, 2.45) is 0 Å². The highest BCUT2D eigenvalue weighted by Gasteiger charge is 2.22. The zero-order chi connectivity index (χ0) is 25.8. The lowest BCUT2D eigenvalue weighted by Gasteiger charge is -2.10. The van der Waals surface area contributed by atoms with E-state index in [2.05, 4.69) is 156 Å². The van der Waals surface area contributed by atoms with E-state index in [9.17, 15) is 0 Å². The van der Waals surface area contributed by atoms with Gasteiger partial charge in [0, 0.05) is 16.5 Å². The number of fused-ring (bicyclic) bond motifs is 6. The van der Waals surface area contributed by atoms with Crippen LogP contribution < -0.4 is 0 Å². The molecule has 0 unspecified atom stereocenters. The zero-order valence-electron chi connectivity index (χ0n) is 21.4. The van der Waals surface area contributed by atoms with Gasteiger partial charge < -0.3 is 4.57 Å². The van der Waals surface area contributed by atoms with Crippen molar-refractivity contribution >= 4 is 33.5 Å². The Bertz CT molecular complexity index is 1940. The molecular weight excluding hydrogens is 470 g/mol. The lowest BCUT2D eigenvalue weighted by Crippen LogP contribution is -1.93. The van der Waals surface area contributed by atoms with Gasteiger partial charge in [0.15, 0.2) is 0 Å². The lowest BCUT2D eigenvalue weighted by atomic mass is 9.99. The third kappa shape index (κ3) is 3.48. The molecule has 1 aliphatic carbocycles. The summed E-state index contributed by atoms with van der Waals surface area (Å²) in [5.41, 5.74) is 13.8. The fourth-order valence-electron chi connectivity index (χ4n) is 6.15. The zero-order valence-corrected chi connectivity index (χ0v) is 21.4. The second-order valence-corrected chi connectivity index (χ2v) is 10.2. The second kappa shape index (κ2) is 8.72. The first-order valence-electron chi connectivity index (χ1n) is 13.5. The molecule has 1 nitrogen and oxygen atoms in total. The molecule has 0 atom stereocenters. The minimum Gasteiger partial charge on any atom is -0.309 e. The van der Waals surface area contributed by atoms with Crippen LogP contribution in [0.1, 0.15) is 16.7 Å². The number of hydrogen-bond donors (Lipinski definition) is 0. The highest BCUT2D eigenvalue weighted by atomic mass is 15.0. The molecule has 0 radical (unpaired) electrons. The van der Waals surface area contributed by atoms with Crippen molar-refractivity contribution < 1.29 is 0 Å². The van der Waals surface area contributed by atoms with Crippen LogP contribution in [0.25, 0.3) is 61.4 Å². The summed E-state index contributed by atoms with van der Waals surface area (Å²) in [6.45, 7) is 0. The quantitative estimate of drug-likeness (QED) is 0.230. The minimum atomic E-state index is 1.18. The molecule has 0 fully saturated rings. The van der Waals surface area contributed by atoms with Gasteiger partial charge in [-0.1, -0.05) is 121 Å². The third-order valence-corrected chi connectivity index (χ3v) is 7.99. The van der Waals surface area contributed by atoms with Crippen LogP contribution >= 0.6 is 0 Å². The molecule has 0 amide bonds. The molecule has 1 aromatic heterocycles. The normalized spacial score (nSPS) is 12.1. The van der Waals surface area contributed by atoms with E-state index in [0.29, 0.717) is 0 Å². The molecular formula is C38H25N. The summed E-state index contributed by atoms with van der Waals surface area (Å²) < 4.78 is 2.36. The lowest BCUT2D eigenvalue weighted by molar-refractivity contribution is 1.18. The Kier molecular flexibility index (Phi) is 4.89. The summed E-state index contributed by atoms with van der Waals surface area (Å²) in [5, 5.41) is 2.57. The Balaban J connectivity index is 1.14. The summed E-state index contributed by atoms with van der Waals surface area (Å²) in [5.74, 6) is 0. The number of benzene rings is 6. The van der Waals surface area contributed by atoms with E-state index in [1.807, 2.05) is 0 Å². The van der Waals surface area contributed by atoms with Crippen LogP contribution in [0.15, 0.2) is 146 Å². The molecule has 0 N–H and O–H groups in total. The van der Waals surface area contributed by atoms with Crippen LogP contribution in [0.4, 0.5) is 0 Å². The van der Waals surface area contributed by atoms with Gasteiger partial charge in [-0.25, -0.2) is 0 Å². The molecule has 0 spiro atoms. The average Bonchev–Trinajstić information content (AvgIpc) is 3.51. The fourth-order valence-corrected chi connectivity index (χ4v) is 6.15. The molecule has 0 saturated carbocycles. The molecule has 0 aliphatic heterocycles. The van der Waals surface area contributed by atoms with Crippen LogP contribution in [0.5, 0.6) is 0 Å². The Hall–Kier alpha value is -5.14. The van der Waals surface area contributed by atoms with Crippen LogP contribution in [0.3, 0.4) is 0 Å². The number of rotatable bonds is 3. The fraction of sp³-hybridized carbons (Fsp3) is 0. The predicted octanol–water partition coefficient (Wildman–Crippen LogP) is 10.0. The van der Waals surface area contributed by atoms with Crippen LogP contribution in [-0.2, 0) is 0 Å². The van der Waals surface area contributed by atoms with E-state index in [0.717, 1.165) is 0 Å². The van der Waals surface area contributed by atoms with Gasteiger partial charge in [0.25, 0.3) is 0 Å². The first kappa shape index (κ1) is 21.9. The highest BCUT2D eigenvalue weighted by Crippen LogP contribution is 2.44. The summed E-state index contributed by atoms with van der Waals surface area (Å²) in [4.78, 5) is 0. The van der Waals surface area contributed by atoms with Gasteiger partial charge in [0.1, 0.15) is 0 Å². The van der Waals surface area contributed by atoms with Crippen molar-refractivity contribution in [1.82, 2.24) is 4.57 Å². The van der Waals surface area contributed by atoms with E-state index < -0.39 is 0 Å². The van der Waals surface area contributed by atoms with Gasteiger partial charge in [-0.2, -0.15) is 0 Å². The second-order valence-electron chi connectivity index (χ2n) is 10.2. The standard InChI is InChI=1S/C38H25N/c1-3-11-32-30(9-1)31-10-2-4-12-33(31)36(32)25-26-17-19-27(20-18-26)28-21-23-29(24-22-28)39-37-15-7-5-13-34(37)35-14-6-8-16-38(35)39/h1-25H. The minimum absolute atomic E-state index is 1.18. The SMILES string of the molecule is C(=C1c2ccccc2-c2ccccc21)c1ccc(-c2ccc(-n3c4ccccc4c4ccccc43)cc2)cc1. The van der Waals surface area contributed by atoms with E-state index in [4.69, 9.17) is 0 Å². The highest BCUT2D eigenvalue weighted by molar-refractivity contribution is 6.09. The summed E-state index contributed by atoms with van der Waals surface area (Å²) in [7, 11) is 0. The molecule has 0 bridgehead atoms. The first-order chi connectivity index (χ1) is 19.3. The molecule has 6 aromatic carbocycles. The Morgan fingerprint density at radius 2 is 0.821 bits per heavy atom. The number of para-hydroxylation sites is 2. The monoisotopic (exact) mass is 495 g/mol. The van der Waals surface area contributed by atoms with E-state index in [-0.39, 0.29) is 0 Å². The first-order valence-corrected chi connectivity index (χ1v) is 13.5. The molecule has 39 heavy (non-hydrogen) atoms. The van der Waals surface area contributed by atoms with Gasteiger partial charge >= 0.3 is 0 Å². The molecule has 1 heterocycles. The molecule has 8 rings (SSSR count). The van der Waals surface area contributed by atoms with Gasteiger partial charge in [-0.15, -0.1) is 0 Å². The average molecular weight is 496 g/mol. The van der Waals surface area contributed by atoms with Crippen molar-refractivity contribution in [3.63, 3.8) is 0 Å². The number of aromatic nitrogens is 1. The Morgan fingerprint density at radius 1 is 0.385 bits per heavy atom.